The van der Waals surface area contributed by atoms with Gasteiger partial charge >= 0.3 is 5.97 Å². The average Bonchev–Trinajstić information content (AvgIpc) is 3.42. The van der Waals surface area contributed by atoms with E-state index in [-0.39, 0.29) is 12.3 Å². The highest BCUT2D eigenvalue weighted by Gasteiger charge is 2.29. The van der Waals surface area contributed by atoms with Crippen LogP contribution in [-0.4, -0.2) is 57.1 Å². The quantitative estimate of drug-likeness (QED) is 0.147. The maximum atomic E-state index is 13.6. The van der Waals surface area contributed by atoms with Gasteiger partial charge in [-0.05, 0) is 65.4 Å². The molecular weight excluding hydrogens is 592 g/mol. The van der Waals surface area contributed by atoms with E-state index in [1.54, 1.807) is 35.9 Å². The lowest BCUT2D eigenvalue weighted by atomic mass is 9.82. The first kappa shape index (κ1) is 32.3. The third kappa shape index (κ3) is 7.41. The van der Waals surface area contributed by atoms with Crippen LogP contribution in [0.5, 0.6) is 11.5 Å². The molecule has 3 aromatic carbocycles. The van der Waals surface area contributed by atoms with Crippen molar-refractivity contribution in [2.45, 2.75) is 70.8 Å². The predicted octanol–water partition coefficient (Wildman–Crippen LogP) is 7.17. The zero-order valence-corrected chi connectivity index (χ0v) is 27.0. The van der Waals surface area contributed by atoms with Crippen molar-refractivity contribution in [1.29, 1.82) is 0 Å². The number of amides is 1. The summed E-state index contributed by atoms with van der Waals surface area (Å²) in [5.41, 5.74) is 5.60. The highest BCUT2D eigenvalue weighted by Crippen LogP contribution is 2.38. The molecule has 1 aliphatic heterocycles. The van der Waals surface area contributed by atoms with Crippen LogP contribution in [0, 0.1) is 0 Å². The Balaban J connectivity index is 1.32. The molecule has 9 nitrogen and oxygen atoms in total. The third-order valence-electron chi connectivity index (χ3n) is 8.59. The monoisotopic (exact) mass is 632 g/mol. The third-order valence-corrected chi connectivity index (χ3v) is 8.90. The molecule has 5 rings (SSSR count). The van der Waals surface area contributed by atoms with E-state index in [1.165, 1.54) is 25.7 Å². The van der Waals surface area contributed by atoms with Gasteiger partial charge in [0.05, 0.1) is 30.7 Å². The van der Waals surface area contributed by atoms with E-state index < -0.39 is 11.9 Å². The zero-order valence-electron chi connectivity index (χ0n) is 26.2. The van der Waals surface area contributed by atoms with Crippen molar-refractivity contribution in [3.05, 3.63) is 81.4 Å². The summed E-state index contributed by atoms with van der Waals surface area (Å²) in [6, 6.07) is 15.0. The van der Waals surface area contributed by atoms with Crippen LogP contribution in [-0.2, 0) is 24.8 Å². The standard InChI is InChI=1S/C35H41ClN4O5/c1-4-5-6-7-8-9-17-45-25-13-14-28(30(36)20-25)35(43)40-16-15-26-23(22-40)11-10-12-27(26)29(21-33(41)42)24-18-31-34(32(19-24)44-3)39(2)38-37-31/h10-14,18-20,29H,4-9,15-17,21-22H2,1-3H3,(H,41,42). The van der Waals surface area contributed by atoms with Crippen LogP contribution >= 0.6 is 11.6 Å². The van der Waals surface area contributed by atoms with E-state index in [1.807, 2.05) is 36.4 Å². The number of unbranched alkanes of at least 4 members (excludes halogenated alkanes) is 5. The lowest BCUT2D eigenvalue weighted by Gasteiger charge is -2.32. The molecule has 0 fully saturated rings. The minimum absolute atomic E-state index is 0.100. The van der Waals surface area contributed by atoms with Crippen LogP contribution in [0.4, 0.5) is 0 Å². The molecule has 0 spiro atoms. The first-order valence-electron chi connectivity index (χ1n) is 15.7. The van der Waals surface area contributed by atoms with Gasteiger partial charge in [-0.25, -0.2) is 4.68 Å². The predicted molar refractivity (Wildman–Crippen MR) is 174 cm³/mol. The molecule has 0 saturated carbocycles. The highest BCUT2D eigenvalue weighted by atomic mass is 35.5. The molecule has 45 heavy (non-hydrogen) atoms. The van der Waals surface area contributed by atoms with Gasteiger partial charge in [-0.1, -0.05) is 74.0 Å². The molecule has 4 aromatic rings. The normalized spacial score (nSPS) is 13.5. The summed E-state index contributed by atoms with van der Waals surface area (Å²) < 4.78 is 13.2. The van der Waals surface area contributed by atoms with Gasteiger partial charge in [0.1, 0.15) is 22.5 Å². The first-order valence-corrected chi connectivity index (χ1v) is 16.1. The minimum Gasteiger partial charge on any atom is -0.494 e. The van der Waals surface area contributed by atoms with Crippen LogP contribution < -0.4 is 9.47 Å². The lowest BCUT2D eigenvalue weighted by molar-refractivity contribution is -0.137. The number of fused-ring (bicyclic) bond motifs is 2. The smallest absolute Gasteiger partial charge is 0.304 e. The zero-order chi connectivity index (χ0) is 31.9. The van der Waals surface area contributed by atoms with E-state index in [0.717, 1.165) is 40.6 Å². The molecule has 1 aliphatic rings. The van der Waals surface area contributed by atoms with Gasteiger partial charge in [0.15, 0.2) is 0 Å². The SMILES string of the molecule is CCCCCCCCOc1ccc(C(=O)N2CCc3c(cccc3C(CC(=O)O)c3cc(OC)c4c(c3)nnn4C)C2)c(Cl)c1. The summed E-state index contributed by atoms with van der Waals surface area (Å²) in [5, 5.41) is 18.6. The summed E-state index contributed by atoms with van der Waals surface area (Å²) in [6.07, 6.45) is 7.62. The van der Waals surface area contributed by atoms with Crippen molar-refractivity contribution < 1.29 is 24.2 Å². The number of carbonyl (C=O) groups is 2. The number of aliphatic carboxylic acids is 1. The maximum Gasteiger partial charge on any atom is 0.304 e. The van der Waals surface area contributed by atoms with Gasteiger partial charge in [-0.2, -0.15) is 0 Å². The molecule has 0 aliphatic carbocycles. The molecule has 1 unspecified atom stereocenters. The molecule has 2 heterocycles. The Kier molecular flexibility index (Phi) is 10.6. The number of ether oxygens (including phenoxy) is 2. The molecule has 0 bridgehead atoms. The Morgan fingerprint density at radius 3 is 2.62 bits per heavy atom. The fraction of sp³-hybridized carbons (Fsp3) is 0.429. The van der Waals surface area contributed by atoms with Crippen molar-refractivity contribution in [1.82, 2.24) is 19.9 Å². The summed E-state index contributed by atoms with van der Waals surface area (Å²) >= 11 is 6.59. The molecule has 10 heteroatoms. The second-order valence-corrected chi connectivity index (χ2v) is 12.1. The van der Waals surface area contributed by atoms with Crippen molar-refractivity contribution in [2.75, 3.05) is 20.3 Å². The van der Waals surface area contributed by atoms with E-state index in [2.05, 4.69) is 17.2 Å². The number of halogens is 1. The number of carboxylic acid groups (broad SMARTS) is 1. The summed E-state index contributed by atoms with van der Waals surface area (Å²) in [4.78, 5) is 27.5. The number of hydrogen-bond donors (Lipinski definition) is 1. The number of hydrogen-bond acceptors (Lipinski definition) is 6. The van der Waals surface area contributed by atoms with Gasteiger partial charge in [-0.15, -0.1) is 5.10 Å². The first-order chi connectivity index (χ1) is 21.8. The van der Waals surface area contributed by atoms with E-state index >= 15 is 0 Å². The van der Waals surface area contributed by atoms with Crippen molar-refractivity contribution in [2.24, 2.45) is 7.05 Å². The number of aromatic nitrogens is 3. The van der Waals surface area contributed by atoms with Gasteiger partial charge in [0, 0.05) is 26.1 Å². The second kappa shape index (κ2) is 14.8. The Hall–Kier alpha value is -4.11. The highest BCUT2D eigenvalue weighted by molar-refractivity contribution is 6.34. The number of nitrogens with zero attached hydrogens (tertiary/aromatic N) is 4. The van der Waals surface area contributed by atoms with Gasteiger partial charge < -0.3 is 19.5 Å². The number of carboxylic acids is 1. The Bertz CT molecular complexity index is 1670. The Morgan fingerprint density at radius 2 is 1.87 bits per heavy atom. The van der Waals surface area contributed by atoms with Crippen LogP contribution in [0.25, 0.3) is 11.0 Å². The maximum absolute atomic E-state index is 13.6. The largest absolute Gasteiger partial charge is 0.494 e. The van der Waals surface area contributed by atoms with E-state index in [0.29, 0.717) is 53.7 Å². The summed E-state index contributed by atoms with van der Waals surface area (Å²) in [6.45, 7) is 3.73. The number of carbonyl (C=O) groups excluding carboxylic acids is 1. The lowest BCUT2D eigenvalue weighted by Crippen LogP contribution is -2.36. The van der Waals surface area contributed by atoms with Crippen molar-refractivity contribution >= 4 is 34.5 Å². The number of aryl methyl sites for hydroxylation is 1. The molecule has 0 radical (unpaired) electrons. The Morgan fingerprint density at radius 1 is 1.07 bits per heavy atom. The summed E-state index contributed by atoms with van der Waals surface area (Å²) in [7, 11) is 3.37. The summed E-state index contributed by atoms with van der Waals surface area (Å²) in [5.74, 6) is -0.226. The Labute approximate surface area is 269 Å². The molecule has 1 atom stereocenters. The van der Waals surface area contributed by atoms with Crippen molar-refractivity contribution in [3.63, 3.8) is 0 Å². The molecule has 0 saturated heterocycles. The second-order valence-electron chi connectivity index (χ2n) is 11.7. The topological polar surface area (TPSA) is 107 Å². The van der Waals surface area contributed by atoms with E-state index in [9.17, 15) is 14.7 Å². The minimum atomic E-state index is -0.905. The van der Waals surface area contributed by atoms with Crippen LogP contribution in [0.15, 0.2) is 48.5 Å². The molecular formula is C35H41ClN4O5. The number of rotatable bonds is 14. The molecule has 238 valence electrons. The molecule has 1 aromatic heterocycles. The van der Waals surface area contributed by atoms with Crippen molar-refractivity contribution in [3.8, 4) is 11.5 Å². The molecule has 1 amide bonds. The molecule has 1 N–H and O–H groups in total. The average molecular weight is 633 g/mol. The number of benzene rings is 3. The fourth-order valence-electron chi connectivity index (χ4n) is 6.25. The van der Waals surface area contributed by atoms with Gasteiger partial charge in [-0.3, -0.25) is 9.59 Å². The van der Waals surface area contributed by atoms with Crippen LogP contribution in [0.3, 0.4) is 0 Å². The van der Waals surface area contributed by atoms with Gasteiger partial charge in [0.25, 0.3) is 5.91 Å². The van der Waals surface area contributed by atoms with Gasteiger partial charge in [0.2, 0.25) is 0 Å². The van der Waals surface area contributed by atoms with E-state index in [4.69, 9.17) is 21.1 Å². The van der Waals surface area contributed by atoms with Crippen LogP contribution in [0.1, 0.15) is 90.4 Å². The van der Waals surface area contributed by atoms with Crippen LogP contribution in [0.2, 0.25) is 5.02 Å². The number of methoxy groups -OCH3 is 1. The fourth-order valence-corrected chi connectivity index (χ4v) is 6.51.